The van der Waals surface area contributed by atoms with Crippen LogP contribution in [-0.2, 0) is 7.05 Å². The van der Waals surface area contributed by atoms with E-state index in [1.807, 2.05) is 31.7 Å². The van der Waals surface area contributed by atoms with Gasteiger partial charge >= 0.3 is 0 Å². The van der Waals surface area contributed by atoms with Crippen LogP contribution >= 0.6 is 0 Å². The molecule has 0 unspecified atom stereocenters. The zero-order valence-electron chi connectivity index (χ0n) is 7.96. The second-order valence-corrected chi connectivity index (χ2v) is 3.35. The van der Waals surface area contributed by atoms with Gasteiger partial charge in [0.15, 0.2) is 0 Å². The largest absolute Gasteiger partial charge is 0.339 e. The Bertz CT molecular complexity index is 339. The van der Waals surface area contributed by atoms with Crippen molar-refractivity contribution in [1.29, 1.82) is 0 Å². The maximum Gasteiger partial charge on any atom is 0.275 e. The van der Waals surface area contributed by atoms with E-state index in [0.29, 0.717) is 11.5 Å². The summed E-state index contributed by atoms with van der Waals surface area (Å²) < 4.78 is 1.90. The highest BCUT2D eigenvalue weighted by atomic mass is 16.1. The molecular formula is C9H14N2O. The Morgan fingerprint density at radius 1 is 1.50 bits per heavy atom. The van der Waals surface area contributed by atoms with Gasteiger partial charge in [0.2, 0.25) is 0 Å². The summed E-state index contributed by atoms with van der Waals surface area (Å²) >= 11 is 0. The number of aromatic nitrogens is 2. The molecule has 3 heteroatoms. The molecule has 0 atom stereocenters. The molecule has 0 aliphatic rings. The summed E-state index contributed by atoms with van der Waals surface area (Å²) in [6.45, 7) is 5.83. The molecule has 3 nitrogen and oxygen atoms in total. The van der Waals surface area contributed by atoms with E-state index in [-0.39, 0.29) is 5.56 Å². The van der Waals surface area contributed by atoms with Gasteiger partial charge in [-0.25, -0.2) is 0 Å². The monoisotopic (exact) mass is 166 g/mol. The van der Waals surface area contributed by atoms with Gasteiger partial charge in [-0.15, -0.1) is 0 Å². The number of rotatable bonds is 1. The van der Waals surface area contributed by atoms with Gasteiger partial charge in [-0.3, -0.25) is 4.79 Å². The lowest BCUT2D eigenvalue weighted by molar-refractivity contribution is 0.671. The van der Waals surface area contributed by atoms with Crippen molar-refractivity contribution in [1.82, 2.24) is 9.55 Å². The molecule has 0 N–H and O–H groups in total. The lowest BCUT2D eigenvalue weighted by Gasteiger charge is -2.10. The number of hydrogen-bond donors (Lipinski definition) is 0. The summed E-state index contributed by atoms with van der Waals surface area (Å²) in [4.78, 5) is 15.2. The minimum absolute atomic E-state index is 0.114. The third-order valence-electron chi connectivity index (χ3n) is 1.82. The van der Waals surface area contributed by atoms with E-state index >= 15 is 0 Å². The van der Waals surface area contributed by atoms with Crippen molar-refractivity contribution in [3.63, 3.8) is 0 Å². The van der Waals surface area contributed by atoms with Gasteiger partial charge in [0, 0.05) is 24.7 Å². The van der Waals surface area contributed by atoms with Crippen LogP contribution in [0.2, 0.25) is 0 Å². The van der Waals surface area contributed by atoms with E-state index in [2.05, 4.69) is 4.98 Å². The normalized spacial score (nSPS) is 10.8. The van der Waals surface area contributed by atoms with E-state index in [0.717, 1.165) is 5.82 Å². The molecule has 0 fully saturated rings. The highest BCUT2D eigenvalue weighted by Crippen LogP contribution is 2.08. The molecule has 1 aromatic heterocycles. The fraction of sp³-hybridized carbons (Fsp3) is 0.556. The Balaban J connectivity index is 3.33. The first-order chi connectivity index (χ1) is 5.52. The van der Waals surface area contributed by atoms with Gasteiger partial charge in [0.05, 0.1) is 0 Å². The van der Waals surface area contributed by atoms with Crippen LogP contribution in [0.5, 0.6) is 0 Å². The van der Waals surface area contributed by atoms with Gasteiger partial charge in [0.25, 0.3) is 5.56 Å². The average molecular weight is 166 g/mol. The lowest BCUT2D eigenvalue weighted by Crippen LogP contribution is -2.18. The molecule has 66 valence electrons. The maximum atomic E-state index is 11.2. The third-order valence-corrected chi connectivity index (χ3v) is 1.82. The van der Waals surface area contributed by atoms with Gasteiger partial charge in [-0.05, 0) is 6.92 Å². The topological polar surface area (TPSA) is 34.9 Å². The molecule has 0 spiro atoms. The zero-order chi connectivity index (χ0) is 9.30. The van der Waals surface area contributed by atoms with E-state index in [1.165, 1.54) is 0 Å². The molecule has 0 aliphatic carbocycles. The zero-order valence-corrected chi connectivity index (χ0v) is 7.96. The van der Waals surface area contributed by atoms with Crippen LogP contribution in [-0.4, -0.2) is 9.55 Å². The summed E-state index contributed by atoms with van der Waals surface area (Å²) in [6, 6.07) is 0. The van der Waals surface area contributed by atoms with E-state index < -0.39 is 0 Å². The fourth-order valence-corrected chi connectivity index (χ4v) is 1.22. The standard InChI is InChI=1S/C9H14N2O/c1-6(2)8-10-9(12)7(3)5-11(8)4/h5-6H,1-4H3. The lowest BCUT2D eigenvalue weighted by atomic mass is 10.2. The van der Waals surface area contributed by atoms with Crippen molar-refractivity contribution < 1.29 is 0 Å². The highest BCUT2D eigenvalue weighted by molar-refractivity contribution is 5.06. The van der Waals surface area contributed by atoms with Gasteiger partial charge in [-0.1, -0.05) is 13.8 Å². The fourth-order valence-electron chi connectivity index (χ4n) is 1.22. The van der Waals surface area contributed by atoms with Crippen molar-refractivity contribution >= 4 is 0 Å². The number of nitrogens with zero attached hydrogens (tertiary/aromatic N) is 2. The molecule has 1 rings (SSSR count). The van der Waals surface area contributed by atoms with Gasteiger partial charge < -0.3 is 4.57 Å². The van der Waals surface area contributed by atoms with E-state index in [9.17, 15) is 4.79 Å². The molecule has 12 heavy (non-hydrogen) atoms. The summed E-state index contributed by atoms with van der Waals surface area (Å²) in [6.07, 6.45) is 1.82. The Morgan fingerprint density at radius 3 is 2.58 bits per heavy atom. The van der Waals surface area contributed by atoms with Crippen LogP contribution in [0.4, 0.5) is 0 Å². The van der Waals surface area contributed by atoms with Crippen molar-refractivity contribution in [2.24, 2.45) is 7.05 Å². The first-order valence-electron chi connectivity index (χ1n) is 4.06. The first kappa shape index (κ1) is 8.97. The molecule has 0 amide bonds. The molecule has 1 heterocycles. The van der Waals surface area contributed by atoms with Crippen LogP contribution in [0.15, 0.2) is 11.0 Å². The quantitative estimate of drug-likeness (QED) is 0.628. The molecule has 1 aromatic rings. The second kappa shape index (κ2) is 3.09. The predicted molar refractivity (Wildman–Crippen MR) is 48.3 cm³/mol. The van der Waals surface area contributed by atoms with Crippen LogP contribution in [0, 0.1) is 6.92 Å². The SMILES string of the molecule is Cc1cn(C)c(C(C)C)nc1=O. The Labute approximate surface area is 72.1 Å². The summed E-state index contributed by atoms with van der Waals surface area (Å²) in [5.41, 5.74) is 0.582. The molecule has 0 radical (unpaired) electrons. The summed E-state index contributed by atoms with van der Waals surface area (Å²) in [7, 11) is 1.91. The van der Waals surface area contributed by atoms with Crippen LogP contribution in [0.3, 0.4) is 0 Å². The van der Waals surface area contributed by atoms with Crippen molar-refractivity contribution in [2.45, 2.75) is 26.7 Å². The third kappa shape index (κ3) is 1.55. The molecule has 0 bridgehead atoms. The molecule has 0 saturated heterocycles. The average Bonchev–Trinajstić information content (AvgIpc) is 1.96. The van der Waals surface area contributed by atoms with Crippen molar-refractivity contribution in [2.75, 3.05) is 0 Å². The van der Waals surface area contributed by atoms with Gasteiger partial charge in [0.1, 0.15) is 5.82 Å². The Kier molecular flexibility index (Phi) is 2.31. The van der Waals surface area contributed by atoms with Crippen molar-refractivity contribution in [3.05, 3.63) is 27.9 Å². The van der Waals surface area contributed by atoms with Crippen molar-refractivity contribution in [3.8, 4) is 0 Å². The summed E-state index contributed by atoms with van der Waals surface area (Å²) in [5.74, 6) is 1.13. The minimum Gasteiger partial charge on any atom is -0.339 e. The van der Waals surface area contributed by atoms with E-state index in [1.54, 1.807) is 6.92 Å². The number of hydrogen-bond acceptors (Lipinski definition) is 2. The summed E-state index contributed by atoms with van der Waals surface area (Å²) in [5, 5.41) is 0. The molecule has 0 aliphatic heterocycles. The highest BCUT2D eigenvalue weighted by Gasteiger charge is 2.05. The van der Waals surface area contributed by atoms with E-state index in [4.69, 9.17) is 0 Å². The molecular weight excluding hydrogens is 152 g/mol. The number of aryl methyl sites for hydroxylation is 2. The smallest absolute Gasteiger partial charge is 0.275 e. The minimum atomic E-state index is -0.114. The van der Waals surface area contributed by atoms with Crippen LogP contribution in [0.1, 0.15) is 31.2 Å². The molecule has 0 saturated carbocycles. The molecule has 0 aromatic carbocycles. The van der Waals surface area contributed by atoms with Crippen LogP contribution < -0.4 is 5.56 Å². The Hall–Kier alpha value is -1.12. The second-order valence-electron chi connectivity index (χ2n) is 3.35. The van der Waals surface area contributed by atoms with Crippen LogP contribution in [0.25, 0.3) is 0 Å². The predicted octanol–water partition coefficient (Wildman–Crippen LogP) is 1.21. The Morgan fingerprint density at radius 2 is 2.08 bits per heavy atom. The van der Waals surface area contributed by atoms with Gasteiger partial charge in [-0.2, -0.15) is 4.98 Å². The maximum absolute atomic E-state index is 11.2. The first-order valence-corrected chi connectivity index (χ1v) is 4.06.